The van der Waals surface area contributed by atoms with Crippen molar-refractivity contribution in [3.63, 3.8) is 0 Å². The molecule has 0 aliphatic heterocycles. The number of hydrogen-bond donors (Lipinski definition) is 1. The van der Waals surface area contributed by atoms with Crippen LogP contribution in [0.25, 0.3) is 22.4 Å². The minimum Gasteiger partial charge on any atom is -0.325 e. The topological polar surface area (TPSA) is 46.9 Å². The number of imidazole rings is 1. The molecule has 0 bridgehead atoms. The Morgan fingerprint density at radius 3 is 2.50 bits per heavy atom. The Morgan fingerprint density at radius 2 is 1.75 bits per heavy atom. The molecule has 1 heterocycles. The van der Waals surface area contributed by atoms with E-state index in [0.29, 0.717) is 5.02 Å². The van der Waals surface area contributed by atoms with Crippen molar-refractivity contribution >= 4 is 34.2 Å². The fourth-order valence-corrected chi connectivity index (χ4v) is 3.34. The molecule has 0 saturated heterocycles. The molecule has 0 radical (unpaired) electrons. The monoisotopic (exact) mass is 389 g/mol. The quantitative estimate of drug-likeness (QED) is 0.493. The molecule has 0 unspecified atom stereocenters. The van der Waals surface area contributed by atoms with Gasteiger partial charge in [0.15, 0.2) is 0 Å². The smallest absolute Gasteiger partial charge is 0.244 e. The van der Waals surface area contributed by atoms with Crippen LogP contribution in [0.1, 0.15) is 11.1 Å². The molecule has 3 aromatic carbocycles. The molecule has 140 valence electrons. The number of benzene rings is 3. The highest BCUT2D eigenvalue weighted by Gasteiger charge is 2.15. The molecule has 4 nitrogen and oxygen atoms in total. The van der Waals surface area contributed by atoms with Crippen LogP contribution in [0, 0.1) is 13.8 Å². The highest BCUT2D eigenvalue weighted by molar-refractivity contribution is 6.30. The molecular weight excluding hydrogens is 370 g/mol. The maximum Gasteiger partial charge on any atom is 0.244 e. The molecule has 0 aliphatic carbocycles. The van der Waals surface area contributed by atoms with Crippen molar-refractivity contribution in [2.75, 3.05) is 5.32 Å². The Labute approximate surface area is 168 Å². The van der Waals surface area contributed by atoms with Crippen LogP contribution < -0.4 is 5.32 Å². The first-order chi connectivity index (χ1) is 13.5. The summed E-state index contributed by atoms with van der Waals surface area (Å²) in [6, 6.07) is 21.2. The molecule has 1 N–H and O–H groups in total. The Kier molecular flexibility index (Phi) is 4.88. The van der Waals surface area contributed by atoms with E-state index in [4.69, 9.17) is 16.6 Å². The molecule has 0 fully saturated rings. The van der Waals surface area contributed by atoms with Crippen molar-refractivity contribution in [1.29, 1.82) is 0 Å². The van der Waals surface area contributed by atoms with E-state index in [0.717, 1.165) is 33.7 Å². The zero-order valence-electron chi connectivity index (χ0n) is 15.7. The molecule has 4 aromatic rings. The summed E-state index contributed by atoms with van der Waals surface area (Å²) in [6.07, 6.45) is 0. The van der Waals surface area contributed by atoms with E-state index in [1.54, 1.807) is 0 Å². The van der Waals surface area contributed by atoms with Crippen LogP contribution in [0.15, 0.2) is 66.7 Å². The lowest BCUT2D eigenvalue weighted by molar-refractivity contribution is -0.116. The normalized spacial score (nSPS) is 11.0. The number of nitrogens with zero attached hydrogens (tertiary/aromatic N) is 2. The van der Waals surface area contributed by atoms with E-state index in [9.17, 15) is 4.79 Å². The van der Waals surface area contributed by atoms with Gasteiger partial charge in [0.25, 0.3) is 0 Å². The summed E-state index contributed by atoms with van der Waals surface area (Å²) < 4.78 is 1.94. The van der Waals surface area contributed by atoms with Crippen molar-refractivity contribution < 1.29 is 4.79 Å². The van der Waals surface area contributed by atoms with Gasteiger partial charge < -0.3 is 9.88 Å². The van der Waals surface area contributed by atoms with Gasteiger partial charge in [-0.3, -0.25) is 4.79 Å². The van der Waals surface area contributed by atoms with Gasteiger partial charge in [0.05, 0.1) is 11.0 Å². The number of anilines is 1. The lowest BCUT2D eigenvalue weighted by Crippen LogP contribution is -2.19. The number of aromatic nitrogens is 2. The zero-order valence-corrected chi connectivity index (χ0v) is 16.5. The van der Waals surface area contributed by atoms with Crippen LogP contribution in [-0.4, -0.2) is 15.5 Å². The molecule has 1 aromatic heterocycles. The summed E-state index contributed by atoms with van der Waals surface area (Å²) in [5, 5.41) is 3.66. The van der Waals surface area contributed by atoms with Gasteiger partial charge in [0, 0.05) is 16.3 Å². The molecule has 0 saturated carbocycles. The van der Waals surface area contributed by atoms with E-state index in [2.05, 4.69) is 12.2 Å². The summed E-state index contributed by atoms with van der Waals surface area (Å²) >= 11 is 6.02. The Balaban J connectivity index is 1.68. The average molecular weight is 390 g/mol. The van der Waals surface area contributed by atoms with E-state index in [1.807, 2.05) is 78.2 Å². The molecule has 4 rings (SSSR count). The Morgan fingerprint density at radius 1 is 1.00 bits per heavy atom. The van der Waals surface area contributed by atoms with Gasteiger partial charge in [0.2, 0.25) is 5.91 Å². The maximum atomic E-state index is 12.8. The third kappa shape index (κ3) is 3.64. The van der Waals surface area contributed by atoms with Gasteiger partial charge in [0.1, 0.15) is 12.4 Å². The minimum absolute atomic E-state index is 0.0957. The lowest BCUT2D eigenvalue weighted by atomic mass is 10.1. The molecular formula is C23H20ClN3O. The summed E-state index contributed by atoms with van der Waals surface area (Å²) in [5.41, 5.74) is 5.83. The van der Waals surface area contributed by atoms with Gasteiger partial charge in [-0.05, 0) is 73.5 Å². The number of nitrogens with one attached hydrogen (secondary N) is 1. The van der Waals surface area contributed by atoms with Crippen molar-refractivity contribution in [3.05, 3.63) is 82.9 Å². The highest BCUT2D eigenvalue weighted by Crippen LogP contribution is 2.26. The average Bonchev–Trinajstić information content (AvgIpc) is 3.04. The van der Waals surface area contributed by atoms with E-state index in [-0.39, 0.29) is 12.5 Å². The molecule has 1 amide bonds. The van der Waals surface area contributed by atoms with Crippen molar-refractivity contribution in [2.24, 2.45) is 0 Å². The molecule has 0 atom stereocenters. The number of hydrogen-bond acceptors (Lipinski definition) is 2. The second kappa shape index (κ2) is 7.49. The summed E-state index contributed by atoms with van der Waals surface area (Å²) in [6.45, 7) is 4.26. The third-order valence-electron chi connectivity index (χ3n) is 4.85. The van der Waals surface area contributed by atoms with Crippen LogP contribution >= 0.6 is 11.6 Å². The molecule has 0 spiro atoms. The predicted molar refractivity (Wildman–Crippen MR) is 115 cm³/mol. The van der Waals surface area contributed by atoms with Gasteiger partial charge in [-0.15, -0.1) is 0 Å². The van der Waals surface area contributed by atoms with Crippen molar-refractivity contribution in [1.82, 2.24) is 9.55 Å². The third-order valence-corrected chi connectivity index (χ3v) is 5.10. The Hall–Kier alpha value is -3.11. The number of rotatable bonds is 4. The first kappa shape index (κ1) is 18.3. The van der Waals surface area contributed by atoms with Gasteiger partial charge >= 0.3 is 0 Å². The first-order valence-electron chi connectivity index (χ1n) is 9.09. The predicted octanol–water partition coefficient (Wildman–Crippen LogP) is 5.61. The van der Waals surface area contributed by atoms with Crippen molar-refractivity contribution in [2.45, 2.75) is 20.4 Å². The maximum absolute atomic E-state index is 12.8. The molecule has 0 aliphatic rings. The standard InChI is InChI=1S/C23H20ClN3O/c1-15-7-12-19(13-16(15)2)25-22(28)14-27-21-6-4-3-5-20(21)26-23(27)17-8-10-18(24)11-9-17/h3-13H,14H2,1-2H3,(H,25,28). The fourth-order valence-electron chi connectivity index (χ4n) is 3.22. The summed E-state index contributed by atoms with van der Waals surface area (Å²) in [4.78, 5) is 17.5. The van der Waals surface area contributed by atoms with Gasteiger partial charge in [-0.25, -0.2) is 4.98 Å². The Bertz CT molecular complexity index is 1160. The van der Waals surface area contributed by atoms with E-state index < -0.39 is 0 Å². The minimum atomic E-state index is -0.0957. The van der Waals surface area contributed by atoms with Crippen LogP contribution in [0.3, 0.4) is 0 Å². The summed E-state index contributed by atoms with van der Waals surface area (Å²) in [5.74, 6) is 0.648. The first-order valence-corrected chi connectivity index (χ1v) is 9.47. The highest BCUT2D eigenvalue weighted by atomic mass is 35.5. The molecule has 5 heteroatoms. The number of carbonyl (C=O) groups is 1. The van der Waals surface area contributed by atoms with Crippen LogP contribution in [0.5, 0.6) is 0 Å². The number of para-hydroxylation sites is 2. The van der Waals surface area contributed by atoms with E-state index in [1.165, 1.54) is 5.56 Å². The fraction of sp³-hybridized carbons (Fsp3) is 0.130. The van der Waals surface area contributed by atoms with Crippen LogP contribution in [-0.2, 0) is 11.3 Å². The number of fused-ring (bicyclic) bond motifs is 1. The second-order valence-corrected chi connectivity index (χ2v) is 7.30. The summed E-state index contributed by atoms with van der Waals surface area (Å²) in [7, 11) is 0. The van der Waals surface area contributed by atoms with Gasteiger partial charge in [-0.1, -0.05) is 29.8 Å². The molecule has 28 heavy (non-hydrogen) atoms. The lowest BCUT2D eigenvalue weighted by Gasteiger charge is -2.11. The van der Waals surface area contributed by atoms with E-state index >= 15 is 0 Å². The number of aryl methyl sites for hydroxylation is 2. The van der Waals surface area contributed by atoms with Crippen LogP contribution in [0.4, 0.5) is 5.69 Å². The SMILES string of the molecule is Cc1ccc(NC(=O)Cn2c(-c3ccc(Cl)cc3)nc3ccccc32)cc1C. The second-order valence-electron chi connectivity index (χ2n) is 6.86. The largest absolute Gasteiger partial charge is 0.325 e. The zero-order chi connectivity index (χ0) is 19.7. The number of amides is 1. The number of carbonyl (C=O) groups excluding carboxylic acids is 1. The van der Waals surface area contributed by atoms with Crippen LogP contribution in [0.2, 0.25) is 5.02 Å². The van der Waals surface area contributed by atoms with Crippen molar-refractivity contribution in [3.8, 4) is 11.4 Å². The number of halogens is 1. The van der Waals surface area contributed by atoms with Gasteiger partial charge in [-0.2, -0.15) is 0 Å².